The number of rotatable bonds is 8. The van der Waals surface area contributed by atoms with Crippen molar-refractivity contribution in [2.24, 2.45) is 5.73 Å². The number of halogens is 1. The van der Waals surface area contributed by atoms with Crippen molar-refractivity contribution >= 4 is 23.2 Å². The predicted molar refractivity (Wildman–Crippen MR) is 79.5 cm³/mol. The highest BCUT2D eigenvalue weighted by Crippen LogP contribution is 2.30. The van der Waals surface area contributed by atoms with Crippen molar-refractivity contribution in [3.63, 3.8) is 0 Å². The van der Waals surface area contributed by atoms with Crippen molar-refractivity contribution in [2.75, 3.05) is 13.2 Å². The van der Waals surface area contributed by atoms with Crippen molar-refractivity contribution in [3.8, 4) is 5.75 Å². The second kappa shape index (κ2) is 7.24. The lowest BCUT2D eigenvalue weighted by Gasteiger charge is -2.26. The molecule has 0 spiro atoms. The van der Waals surface area contributed by atoms with Crippen molar-refractivity contribution in [3.05, 3.63) is 33.3 Å². The quantitative estimate of drug-likeness (QED) is 0.562. The Labute approximate surface area is 127 Å². The summed E-state index contributed by atoms with van der Waals surface area (Å²) < 4.78 is 5.40. The second-order valence-electron chi connectivity index (χ2n) is 4.69. The summed E-state index contributed by atoms with van der Waals surface area (Å²) in [5.74, 6) is -0.440. The molecule has 1 amide bonds. The molecule has 0 heterocycles. The molecule has 116 valence electrons. The molecule has 8 heteroatoms. The number of ether oxygens (including phenoxy) is 1. The Morgan fingerprint density at radius 3 is 2.76 bits per heavy atom. The molecule has 0 aliphatic heterocycles. The first-order valence-corrected chi connectivity index (χ1v) is 6.79. The molecule has 1 rings (SSSR count). The standard InChI is InChI=1S/C13H18ClN3O4/c1-3-16-13(2,12(15)18)6-7-21-11-8-9(14)4-5-10(11)17(19)20/h4-5,8,16H,3,6-7H2,1-2H3,(H2,15,18). The van der Waals surface area contributed by atoms with Crippen LogP contribution in [0.15, 0.2) is 18.2 Å². The molecule has 0 aromatic heterocycles. The summed E-state index contributed by atoms with van der Waals surface area (Å²) in [5.41, 5.74) is 4.25. The fourth-order valence-electron chi connectivity index (χ4n) is 1.81. The first-order chi connectivity index (χ1) is 9.80. The van der Waals surface area contributed by atoms with Gasteiger partial charge in [-0.3, -0.25) is 14.9 Å². The normalized spacial score (nSPS) is 13.5. The van der Waals surface area contributed by atoms with E-state index in [4.69, 9.17) is 22.1 Å². The average Bonchev–Trinajstić information content (AvgIpc) is 2.38. The Kier molecular flexibility index (Phi) is 5.92. The fourth-order valence-corrected chi connectivity index (χ4v) is 1.97. The molecule has 7 nitrogen and oxygen atoms in total. The molecule has 0 saturated heterocycles. The summed E-state index contributed by atoms with van der Waals surface area (Å²) in [5, 5.41) is 14.2. The van der Waals surface area contributed by atoms with Crippen LogP contribution in [0.25, 0.3) is 0 Å². The van der Waals surface area contributed by atoms with E-state index in [1.54, 1.807) is 6.92 Å². The minimum atomic E-state index is -0.928. The number of carbonyl (C=O) groups is 1. The molecule has 1 aromatic carbocycles. The zero-order valence-corrected chi connectivity index (χ0v) is 12.6. The van der Waals surface area contributed by atoms with Gasteiger partial charge in [0.2, 0.25) is 5.91 Å². The summed E-state index contributed by atoms with van der Waals surface area (Å²) >= 11 is 5.80. The van der Waals surface area contributed by atoms with E-state index in [1.807, 2.05) is 6.92 Å². The molecular weight excluding hydrogens is 298 g/mol. The van der Waals surface area contributed by atoms with E-state index in [9.17, 15) is 14.9 Å². The molecule has 1 aromatic rings. The first kappa shape index (κ1) is 17.2. The van der Waals surface area contributed by atoms with Gasteiger partial charge in [0.1, 0.15) is 0 Å². The minimum Gasteiger partial charge on any atom is -0.487 e. The maximum atomic E-state index is 11.5. The largest absolute Gasteiger partial charge is 0.487 e. The number of nitro benzene ring substituents is 1. The number of hydrogen-bond donors (Lipinski definition) is 2. The van der Waals surface area contributed by atoms with Gasteiger partial charge in [-0.2, -0.15) is 0 Å². The molecule has 0 fully saturated rings. The van der Waals surface area contributed by atoms with Gasteiger partial charge < -0.3 is 15.8 Å². The van der Waals surface area contributed by atoms with Crippen LogP contribution < -0.4 is 15.8 Å². The Bertz CT molecular complexity index is 538. The maximum Gasteiger partial charge on any atom is 0.311 e. The Hall–Kier alpha value is -1.86. The van der Waals surface area contributed by atoms with Gasteiger partial charge in [-0.1, -0.05) is 18.5 Å². The Morgan fingerprint density at radius 2 is 2.24 bits per heavy atom. The van der Waals surface area contributed by atoms with Crippen molar-refractivity contribution < 1.29 is 14.5 Å². The van der Waals surface area contributed by atoms with Crippen LogP contribution in [0.3, 0.4) is 0 Å². The third-order valence-electron chi connectivity index (χ3n) is 3.09. The van der Waals surface area contributed by atoms with Gasteiger partial charge in [0.05, 0.1) is 17.1 Å². The van der Waals surface area contributed by atoms with Crippen LogP contribution in [0.2, 0.25) is 5.02 Å². The van der Waals surface area contributed by atoms with Gasteiger partial charge in [0.15, 0.2) is 5.75 Å². The highest BCUT2D eigenvalue weighted by Gasteiger charge is 2.30. The van der Waals surface area contributed by atoms with E-state index >= 15 is 0 Å². The van der Waals surface area contributed by atoms with Gasteiger partial charge >= 0.3 is 5.69 Å². The Morgan fingerprint density at radius 1 is 1.57 bits per heavy atom. The monoisotopic (exact) mass is 315 g/mol. The number of hydrogen-bond acceptors (Lipinski definition) is 5. The van der Waals surface area contributed by atoms with Crippen LogP contribution in [-0.2, 0) is 4.79 Å². The highest BCUT2D eigenvalue weighted by molar-refractivity contribution is 6.30. The molecule has 0 aliphatic carbocycles. The van der Waals surface area contributed by atoms with Crippen LogP contribution >= 0.6 is 11.6 Å². The molecule has 1 atom stereocenters. The maximum absolute atomic E-state index is 11.5. The van der Waals surface area contributed by atoms with Crippen molar-refractivity contribution in [2.45, 2.75) is 25.8 Å². The SMILES string of the molecule is CCNC(C)(CCOc1cc(Cl)ccc1[N+](=O)[O-])C(N)=O. The summed E-state index contributed by atoms with van der Waals surface area (Å²) in [6, 6.07) is 4.06. The van der Waals surface area contributed by atoms with E-state index in [-0.39, 0.29) is 24.5 Å². The average molecular weight is 316 g/mol. The van der Waals surface area contributed by atoms with E-state index in [1.165, 1.54) is 18.2 Å². The number of benzene rings is 1. The molecule has 0 radical (unpaired) electrons. The van der Waals surface area contributed by atoms with E-state index < -0.39 is 16.4 Å². The molecule has 0 saturated carbocycles. The number of amides is 1. The number of nitrogens with one attached hydrogen (secondary N) is 1. The second-order valence-corrected chi connectivity index (χ2v) is 5.13. The molecule has 0 aliphatic rings. The number of nitrogens with two attached hydrogens (primary N) is 1. The molecule has 3 N–H and O–H groups in total. The third-order valence-corrected chi connectivity index (χ3v) is 3.32. The number of carbonyl (C=O) groups excluding carboxylic acids is 1. The summed E-state index contributed by atoms with van der Waals surface area (Å²) in [4.78, 5) is 21.8. The molecule has 1 unspecified atom stereocenters. The van der Waals surface area contributed by atoms with Gasteiger partial charge in [0.25, 0.3) is 0 Å². The van der Waals surface area contributed by atoms with E-state index in [2.05, 4.69) is 5.32 Å². The van der Waals surface area contributed by atoms with Crippen molar-refractivity contribution in [1.82, 2.24) is 5.32 Å². The zero-order valence-electron chi connectivity index (χ0n) is 11.9. The summed E-state index contributed by atoms with van der Waals surface area (Å²) in [7, 11) is 0. The van der Waals surface area contributed by atoms with Crippen LogP contribution in [0, 0.1) is 10.1 Å². The Balaban J connectivity index is 2.77. The fraction of sp³-hybridized carbons (Fsp3) is 0.462. The lowest BCUT2D eigenvalue weighted by molar-refractivity contribution is -0.385. The lowest BCUT2D eigenvalue weighted by atomic mass is 9.97. The predicted octanol–water partition coefficient (Wildman–Crippen LogP) is 1.87. The topological polar surface area (TPSA) is 107 Å². The summed E-state index contributed by atoms with van der Waals surface area (Å²) in [6.45, 7) is 4.17. The smallest absolute Gasteiger partial charge is 0.311 e. The van der Waals surface area contributed by atoms with Gasteiger partial charge in [-0.05, 0) is 19.5 Å². The van der Waals surface area contributed by atoms with E-state index in [0.29, 0.717) is 11.6 Å². The number of nitrogens with zero attached hydrogens (tertiary/aromatic N) is 1. The lowest BCUT2D eigenvalue weighted by Crippen LogP contribution is -2.53. The van der Waals surface area contributed by atoms with Crippen LogP contribution in [0.1, 0.15) is 20.3 Å². The number of likely N-dealkylation sites (N-methyl/N-ethyl adjacent to an activating group) is 1. The van der Waals surface area contributed by atoms with Gasteiger partial charge in [0, 0.05) is 23.6 Å². The van der Waals surface area contributed by atoms with E-state index in [0.717, 1.165) is 0 Å². The highest BCUT2D eigenvalue weighted by atomic mass is 35.5. The zero-order chi connectivity index (χ0) is 16.0. The third kappa shape index (κ3) is 4.57. The van der Waals surface area contributed by atoms with Crippen LogP contribution in [0.5, 0.6) is 5.75 Å². The number of nitro groups is 1. The number of primary amides is 1. The van der Waals surface area contributed by atoms with Gasteiger partial charge in [-0.25, -0.2) is 0 Å². The van der Waals surface area contributed by atoms with Crippen molar-refractivity contribution in [1.29, 1.82) is 0 Å². The molecule has 0 bridgehead atoms. The van der Waals surface area contributed by atoms with Gasteiger partial charge in [-0.15, -0.1) is 0 Å². The molecular formula is C13H18ClN3O4. The first-order valence-electron chi connectivity index (χ1n) is 6.42. The summed E-state index contributed by atoms with van der Waals surface area (Å²) in [6.07, 6.45) is 0.278. The minimum absolute atomic E-state index is 0.0656. The van der Waals surface area contributed by atoms with Crippen LogP contribution in [0.4, 0.5) is 5.69 Å². The van der Waals surface area contributed by atoms with Crippen LogP contribution in [-0.4, -0.2) is 29.5 Å². The molecule has 21 heavy (non-hydrogen) atoms.